The van der Waals surface area contributed by atoms with E-state index >= 15 is 0 Å². The van der Waals surface area contributed by atoms with E-state index in [9.17, 15) is 4.79 Å². The normalized spacial score (nSPS) is 9.48. The highest BCUT2D eigenvalue weighted by Crippen LogP contribution is 2.19. The van der Waals surface area contributed by atoms with E-state index in [4.69, 9.17) is 5.73 Å². The Kier molecular flexibility index (Phi) is 10.2. The molecule has 1 amide bonds. The van der Waals surface area contributed by atoms with Gasteiger partial charge in [0.05, 0.1) is 5.56 Å². The van der Waals surface area contributed by atoms with Crippen LogP contribution in [0.25, 0.3) is 11.1 Å². The van der Waals surface area contributed by atoms with Crippen LogP contribution in [-0.2, 0) is 0 Å². The zero-order valence-corrected chi connectivity index (χ0v) is 14.8. The van der Waals surface area contributed by atoms with E-state index < -0.39 is 0 Å². The molecule has 2 rings (SSSR count). The van der Waals surface area contributed by atoms with Crippen LogP contribution in [-0.4, -0.2) is 24.0 Å². The maximum Gasteiger partial charge on any atom is 0.252 e. The summed E-state index contributed by atoms with van der Waals surface area (Å²) in [7, 11) is 0. The van der Waals surface area contributed by atoms with E-state index in [0.29, 0.717) is 18.7 Å². The maximum atomic E-state index is 12.1. The van der Waals surface area contributed by atoms with Crippen LogP contribution in [0.15, 0.2) is 42.7 Å². The lowest BCUT2D eigenvalue weighted by Crippen LogP contribution is -2.25. The number of halogens is 2. The molecule has 0 spiro atoms. The van der Waals surface area contributed by atoms with Gasteiger partial charge in [-0.15, -0.1) is 24.8 Å². The highest BCUT2D eigenvalue weighted by atomic mass is 35.5. The molecule has 126 valence electrons. The van der Waals surface area contributed by atoms with Gasteiger partial charge in [-0.25, -0.2) is 0 Å². The fourth-order valence-electron chi connectivity index (χ4n) is 2.04. The number of aromatic nitrogens is 1. The Morgan fingerprint density at radius 3 is 2.43 bits per heavy atom. The molecule has 0 fully saturated rings. The lowest BCUT2D eigenvalue weighted by Gasteiger charge is -2.07. The first-order valence-corrected chi connectivity index (χ1v) is 7.21. The Bertz CT molecular complexity index is 603. The number of nitrogens with zero attached hydrogens (tertiary/aromatic N) is 1. The van der Waals surface area contributed by atoms with E-state index in [-0.39, 0.29) is 30.7 Å². The van der Waals surface area contributed by atoms with Gasteiger partial charge in [0.15, 0.2) is 0 Å². The van der Waals surface area contributed by atoms with Gasteiger partial charge in [-0.05, 0) is 37.9 Å². The van der Waals surface area contributed by atoms with Crippen LogP contribution in [0, 0.1) is 6.92 Å². The zero-order valence-electron chi connectivity index (χ0n) is 13.1. The molecule has 0 bridgehead atoms. The molecule has 4 nitrogen and oxygen atoms in total. The van der Waals surface area contributed by atoms with Crippen LogP contribution >= 0.6 is 24.8 Å². The topological polar surface area (TPSA) is 68.0 Å². The van der Waals surface area contributed by atoms with Crippen molar-refractivity contribution in [2.75, 3.05) is 13.1 Å². The van der Waals surface area contributed by atoms with Gasteiger partial charge in [-0.3, -0.25) is 9.78 Å². The van der Waals surface area contributed by atoms with Crippen molar-refractivity contribution < 1.29 is 4.79 Å². The second-order valence-electron chi connectivity index (χ2n) is 5.08. The molecule has 0 saturated carbocycles. The second kappa shape index (κ2) is 11.0. The lowest BCUT2D eigenvalue weighted by atomic mass is 10.0. The summed E-state index contributed by atoms with van der Waals surface area (Å²) in [5.41, 5.74) is 9.23. The molecular formula is C17H23Cl2N3O. The van der Waals surface area contributed by atoms with Crippen molar-refractivity contribution >= 4 is 30.7 Å². The van der Waals surface area contributed by atoms with Crippen molar-refractivity contribution in [3.05, 3.63) is 53.9 Å². The van der Waals surface area contributed by atoms with Crippen LogP contribution in [0.4, 0.5) is 0 Å². The molecule has 0 unspecified atom stereocenters. The summed E-state index contributed by atoms with van der Waals surface area (Å²) in [6, 6.07) is 10.0. The Hall–Kier alpha value is -1.62. The number of hydrogen-bond acceptors (Lipinski definition) is 3. The van der Waals surface area contributed by atoms with Gasteiger partial charge >= 0.3 is 0 Å². The predicted octanol–water partition coefficient (Wildman–Crippen LogP) is 3.37. The van der Waals surface area contributed by atoms with Crippen LogP contribution in [0.2, 0.25) is 0 Å². The number of nitrogens with one attached hydrogen (secondary N) is 1. The van der Waals surface area contributed by atoms with Gasteiger partial charge in [0.25, 0.3) is 5.91 Å². The fraction of sp³-hybridized carbons (Fsp3) is 0.294. The maximum absolute atomic E-state index is 12.1. The average molecular weight is 356 g/mol. The molecule has 0 aliphatic heterocycles. The van der Waals surface area contributed by atoms with Crippen LogP contribution in [0.3, 0.4) is 0 Å². The molecule has 0 aliphatic rings. The van der Waals surface area contributed by atoms with Crippen molar-refractivity contribution in [1.29, 1.82) is 0 Å². The number of carbonyl (C=O) groups excluding carboxylic acids is 1. The molecule has 23 heavy (non-hydrogen) atoms. The smallest absolute Gasteiger partial charge is 0.252 e. The molecule has 1 heterocycles. The Labute approximate surface area is 149 Å². The molecule has 0 radical (unpaired) electrons. The number of aryl methyl sites for hydroxylation is 1. The van der Waals surface area contributed by atoms with Gasteiger partial charge in [0, 0.05) is 24.5 Å². The molecule has 0 atom stereocenters. The summed E-state index contributed by atoms with van der Waals surface area (Å²) in [5, 5.41) is 2.89. The summed E-state index contributed by atoms with van der Waals surface area (Å²) in [6.07, 6.45) is 5.18. The highest BCUT2D eigenvalue weighted by molar-refractivity contribution is 5.95. The Morgan fingerprint density at radius 2 is 1.78 bits per heavy atom. The lowest BCUT2D eigenvalue weighted by molar-refractivity contribution is 0.0952. The number of hydrogen-bond donors (Lipinski definition) is 2. The SMILES string of the molecule is Cc1ccc(-c2cncc(C(=O)NCCCCN)c2)cc1.Cl.Cl. The molecule has 0 aliphatic carbocycles. The number of carbonyl (C=O) groups is 1. The molecule has 1 aromatic carbocycles. The first kappa shape index (κ1) is 21.4. The number of pyridine rings is 1. The largest absolute Gasteiger partial charge is 0.352 e. The molecular weight excluding hydrogens is 333 g/mol. The third-order valence-electron chi connectivity index (χ3n) is 3.30. The minimum atomic E-state index is -0.0894. The summed E-state index contributed by atoms with van der Waals surface area (Å²) < 4.78 is 0. The summed E-state index contributed by atoms with van der Waals surface area (Å²) in [5.74, 6) is -0.0894. The average Bonchev–Trinajstić information content (AvgIpc) is 2.52. The number of unbranched alkanes of at least 4 members (excludes halogenated alkanes) is 1. The van der Waals surface area contributed by atoms with Crippen molar-refractivity contribution in [3.8, 4) is 11.1 Å². The number of nitrogens with two attached hydrogens (primary N) is 1. The van der Waals surface area contributed by atoms with Crippen LogP contribution in [0.1, 0.15) is 28.8 Å². The van der Waals surface area contributed by atoms with Crippen LogP contribution in [0.5, 0.6) is 0 Å². The van der Waals surface area contributed by atoms with Gasteiger partial charge in [-0.2, -0.15) is 0 Å². The minimum absolute atomic E-state index is 0. The van der Waals surface area contributed by atoms with E-state index in [1.807, 2.05) is 25.1 Å². The minimum Gasteiger partial charge on any atom is -0.352 e. The Balaban J connectivity index is 0.00000242. The van der Waals surface area contributed by atoms with Crippen LogP contribution < -0.4 is 11.1 Å². The summed E-state index contributed by atoms with van der Waals surface area (Å²) in [4.78, 5) is 16.2. The molecule has 1 aromatic heterocycles. The summed E-state index contributed by atoms with van der Waals surface area (Å²) in [6.45, 7) is 3.35. The summed E-state index contributed by atoms with van der Waals surface area (Å²) >= 11 is 0. The zero-order chi connectivity index (χ0) is 15.1. The number of rotatable bonds is 6. The van der Waals surface area contributed by atoms with Gasteiger partial charge in [-0.1, -0.05) is 29.8 Å². The van der Waals surface area contributed by atoms with Crippen molar-refractivity contribution in [2.45, 2.75) is 19.8 Å². The molecule has 3 N–H and O–H groups in total. The number of benzene rings is 1. The molecule has 2 aromatic rings. The second-order valence-corrected chi connectivity index (χ2v) is 5.08. The standard InChI is InChI=1S/C17H21N3O.2ClH/c1-13-4-6-14(7-5-13)15-10-16(12-19-11-15)17(21)20-9-3-2-8-18;;/h4-7,10-12H,2-3,8-9,18H2,1H3,(H,20,21);2*1H. The van der Waals surface area contributed by atoms with Gasteiger partial charge in [0.1, 0.15) is 0 Å². The van der Waals surface area contributed by atoms with Crippen molar-refractivity contribution in [3.63, 3.8) is 0 Å². The van der Waals surface area contributed by atoms with E-state index in [0.717, 1.165) is 24.0 Å². The first-order chi connectivity index (χ1) is 10.2. The van der Waals surface area contributed by atoms with Gasteiger partial charge < -0.3 is 11.1 Å². The third-order valence-corrected chi connectivity index (χ3v) is 3.30. The molecule has 0 saturated heterocycles. The number of amides is 1. The highest BCUT2D eigenvalue weighted by Gasteiger charge is 2.07. The predicted molar refractivity (Wildman–Crippen MR) is 99.5 cm³/mol. The Morgan fingerprint density at radius 1 is 1.09 bits per heavy atom. The van der Waals surface area contributed by atoms with E-state index in [1.165, 1.54) is 5.56 Å². The van der Waals surface area contributed by atoms with Crippen molar-refractivity contribution in [1.82, 2.24) is 10.3 Å². The monoisotopic (exact) mass is 355 g/mol. The van der Waals surface area contributed by atoms with E-state index in [2.05, 4.69) is 22.4 Å². The fourth-order valence-corrected chi connectivity index (χ4v) is 2.04. The quantitative estimate of drug-likeness (QED) is 0.780. The third kappa shape index (κ3) is 6.57. The van der Waals surface area contributed by atoms with Gasteiger partial charge in [0.2, 0.25) is 0 Å². The molecule has 6 heteroatoms. The van der Waals surface area contributed by atoms with E-state index in [1.54, 1.807) is 12.4 Å². The first-order valence-electron chi connectivity index (χ1n) is 7.21. The van der Waals surface area contributed by atoms with Crippen molar-refractivity contribution in [2.24, 2.45) is 5.73 Å².